The lowest BCUT2D eigenvalue weighted by atomic mass is 10.0. The van der Waals surface area contributed by atoms with Gasteiger partial charge in [-0.15, -0.1) is 0 Å². The number of benzene rings is 1. The van der Waals surface area contributed by atoms with Crippen molar-refractivity contribution < 1.29 is 9.21 Å². The fourth-order valence-electron chi connectivity index (χ4n) is 2.93. The summed E-state index contributed by atoms with van der Waals surface area (Å²) in [4.78, 5) is 18.6. The van der Waals surface area contributed by atoms with Crippen molar-refractivity contribution in [3.05, 3.63) is 42.3 Å². The Morgan fingerprint density at radius 1 is 1.35 bits per heavy atom. The van der Waals surface area contributed by atoms with E-state index in [-0.39, 0.29) is 6.03 Å². The number of amides is 2. The summed E-state index contributed by atoms with van der Waals surface area (Å²) in [5.74, 6) is 0.622. The van der Waals surface area contributed by atoms with Crippen molar-refractivity contribution in [3.63, 3.8) is 0 Å². The zero-order valence-electron chi connectivity index (χ0n) is 13.5. The highest BCUT2D eigenvalue weighted by atomic mass is 16.3. The number of nitrogens with one attached hydrogen (secondary N) is 1. The Balaban J connectivity index is 1.49. The predicted molar refractivity (Wildman–Crippen MR) is 89.1 cm³/mol. The minimum atomic E-state index is 0.0315. The number of nitrogens with zero attached hydrogens (tertiary/aromatic N) is 2. The van der Waals surface area contributed by atoms with E-state index >= 15 is 0 Å². The summed E-state index contributed by atoms with van der Waals surface area (Å²) in [5, 5.41) is 2.99. The third kappa shape index (κ3) is 3.92. The lowest BCUT2D eigenvalue weighted by molar-refractivity contribution is 0.158. The van der Waals surface area contributed by atoms with Gasteiger partial charge in [0.2, 0.25) is 5.89 Å². The van der Waals surface area contributed by atoms with Crippen molar-refractivity contribution in [1.29, 1.82) is 0 Å². The van der Waals surface area contributed by atoms with Crippen LogP contribution in [0.15, 0.2) is 41.0 Å². The van der Waals surface area contributed by atoms with Crippen LogP contribution < -0.4 is 5.32 Å². The molecular formula is C18H23N3O2. The lowest BCUT2D eigenvalue weighted by Crippen LogP contribution is -2.47. The Hall–Kier alpha value is -2.30. The topological polar surface area (TPSA) is 58.4 Å². The minimum absolute atomic E-state index is 0.0315. The smallest absolute Gasteiger partial charge is 0.317 e. The third-order valence-electron chi connectivity index (χ3n) is 4.29. The molecule has 2 amide bonds. The molecule has 0 radical (unpaired) electrons. The van der Waals surface area contributed by atoms with Gasteiger partial charge in [0.25, 0.3) is 0 Å². The summed E-state index contributed by atoms with van der Waals surface area (Å²) in [6.45, 7) is 3.54. The van der Waals surface area contributed by atoms with E-state index in [0.717, 1.165) is 30.6 Å². The molecule has 0 spiro atoms. The van der Waals surface area contributed by atoms with Gasteiger partial charge in [-0.2, -0.15) is 0 Å². The molecule has 5 heteroatoms. The van der Waals surface area contributed by atoms with Crippen LogP contribution in [0.3, 0.4) is 0 Å². The monoisotopic (exact) mass is 313 g/mol. The number of rotatable bonds is 4. The second-order valence-electron chi connectivity index (χ2n) is 6.03. The van der Waals surface area contributed by atoms with Gasteiger partial charge in [-0.3, -0.25) is 0 Å². The van der Waals surface area contributed by atoms with Gasteiger partial charge in [-0.25, -0.2) is 9.78 Å². The number of hydrogen-bond acceptors (Lipinski definition) is 3. The van der Waals surface area contributed by atoms with E-state index in [1.165, 1.54) is 6.42 Å². The Morgan fingerprint density at radius 2 is 2.17 bits per heavy atom. The zero-order valence-corrected chi connectivity index (χ0v) is 13.5. The van der Waals surface area contributed by atoms with Crippen molar-refractivity contribution in [2.45, 2.75) is 38.6 Å². The molecule has 1 aromatic carbocycles. The Labute approximate surface area is 136 Å². The number of aromatic nitrogens is 1. The first kappa shape index (κ1) is 15.6. The third-order valence-corrected chi connectivity index (χ3v) is 4.29. The second kappa shape index (κ2) is 7.31. The average molecular weight is 313 g/mol. The number of oxazole rings is 1. The molecule has 2 heterocycles. The van der Waals surface area contributed by atoms with Crippen LogP contribution in [0.4, 0.5) is 4.79 Å². The van der Waals surface area contributed by atoms with Gasteiger partial charge in [-0.05, 0) is 38.3 Å². The minimum Gasteiger partial charge on any atom is -0.444 e. The summed E-state index contributed by atoms with van der Waals surface area (Å²) >= 11 is 0. The molecule has 1 aromatic heterocycles. The molecule has 0 saturated carbocycles. The lowest BCUT2D eigenvalue weighted by Gasteiger charge is -2.33. The first-order chi connectivity index (χ1) is 11.2. The van der Waals surface area contributed by atoms with Gasteiger partial charge in [0.05, 0.1) is 5.69 Å². The van der Waals surface area contributed by atoms with Crippen molar-refractivity contribution in [1.82, 2.24) is 15.2 Å². The van der Waals surface area contributed by atoms with Gasteiger partial charge in [0.15, 0.2) is 0 Å². The van der Waals surface area contributed by atoms with Crippen LogP contribution in [0.25, 0.3) is 11.5 Å². The van der Waals surface area contributed by atoms with E-state index in [4.69, 9.17) is 4.42 Å². The summed E-state index contributed by atoms with van der Waals surface area (Å²) < 4.78 is 5.51. The zero-order chi connectivity index (χ0) is 16.1. The van der Waals surface area contributed by atoms with Gasteiger partial charge in [-0.1, -0.05) is 18.2 Å². The number of urea groups is 1. The molecular weight excluding hydrogens is 290 g/mol. The molecule has 0 aliphatic carbocycles. The standard InChI is InChI=1S/C18H23N3O2/c1-14-7-5-6-12-21(14)18(22)19-11-10-16-13-23-17(20-16)15-8-3-2-4-9-15/h2-4,8-9,13-14H,5-7,10-12H2,1H3,(H,19,22)/t14-/m1/s1. The largest absolute Gasteiger partial charge is 0.444 e. The van der Waals surface area contributed by atoms with E-state index in [9.17, 15) is 4.79 Å². The van der Waals surface area contributed by atoms with Gasteiger partial charge in [0.1, 0.15) is 6.26 Å². The molecule has 1 aliphatic rings. The maximum Gasteiger partial charge on any atom is 0.317 e. The number of piperidine rings is 1. The molecule has 2 aromatic rings. The molecule has 0 bridgehead atoms. The molecule has 122 valence electrons. The molecule has 1 N–H and O–H groups in total. The molecule has 3 rings (SSSR count). The average Bonchev–Trinajstić information content (AvgIpc) is 3.05. The molecule has 1 saturated heterocycles. The molecule has 1 fully saturated rings. The summed E-state index contributed by atoms with van der Waals surface area (Å²) in [6, 6.07) is 10.2. The van der Waals surface area contributed by atoms with Crippen molar-refractivity contribution in [3.8, 4) is 11.5 Å². The summed E-state index contributed by atoms with van der Waals surface area (Å²) in [5.41, 5.74) is 1.82. The maximum atomic E-state index is 12.2. The van der Waals surface area contributed by atoms with Gasteiger partial charge < -0.3 is 14.6 Å². The van der Waals surface area contributed by atoms with Crippen LogP contribution in [0, 0.1) is 0 Å². The normalized spacial score (nSPS) is 18.0. The van der Waals surface area contributed by atoms with E-state index in [2.05, 4.69) is 17.2 Å². The first-order valence-corrected chi connectivity index (χ1v) is 8.28. The van der Waals surface area contributed by atoms with E-state index in [0.29, 0.717) is 24.9 Å². The van der Waals surface area contributed by atoms with Crippen LogP contribution in [-0.4, -0.2) is 35.0 Å². The van der Waals surface area contributed by atoms with Crippen LogP contribution >= 0.6 is 0 Å². The van der Waals surface area contributed by atoms with Gasteiger partial charge >= 0.3 is 6.03 Å². The highest BCUT2D eigenvalue weighted by molar-refractivity contribution is 5.74. The Kier molecular flexibility index (Phi) is 4.95. The highest BCUT2D eigenvalue weighted by Gasteiger charge is 2.22. The van der Waals surface area contributed by atoms with Crippen LogP contribution in [0.5, 0.6) is 0 Å². The molecule has 5 nitrogen and oxygen atoms in total. The molecule has 23 heavy (non-hydrogen) atoms. The fraction of sp³-hybridized carbons (Fsp3) is 0.444. The number of carbonyl (C=O) groups excluding carboxylic acids is 1. The molecule has 1 aliphatic heterocycles. The number of hydrogen-bond donors (Lipinski definition) is 1. The van der Waals surface area contributed by atoms with Crippen molar-refractivity contribution >= 4 is 6.03 Å². The van der Waals surface area contributed by atoms with Crippen molar-refractivity contribution in [2.24, 2.45) is 0 Å². The first-order valence-electron chi connectivity index (χ1n) is 8.28. The quantitative estimate of drug-likeness (QED) is 0.940. The highest BCUT2D eigenvalue weighted by Crippen LogP contribution is 2.18. The van der Waals surface area contributed by atoms with Gasteiger partial charge in [0, 0.05) is 31.1 Å². The molecule has 1 atom stereocenters. The fourth-order valence-corrected chi connectivity index (χ4v) is 2.93. The number of likely N-dealkylation sites (tertiary alicyclic amines) is 1. The van der Waals surface area contributed by atoms with Crippen LogP contribution in [0.1, 0.15) is 31.9 Å². The van der Waals surface area contributed by atoms with Crippen molar-refractivity contribution in [2.75, 3.05) is 13.1 Å². The summed E-state index contributed by atoms with van der Waals surface area (Å²) in [6.07, 6.45) is 5.74. The SMILES string of the molecule is C[C@@H]1CCCCN1C(=O)NCCc1coc(-c2ccccc2)n1. The Morgan fingerprint density at radius 3 is 2.96 bits per heavy atom. The molecule has 0 unspecified atom stereocenters. The Bertz CT molecular complexity index is 639. The van der Waals surface area contributed by atoms with E-state index in [1.54, 1.807) is 6.26 Å². The maximum absolute atomic E-state index is 12.2. The predicted octanol–water partition coefficient (Wildman–Crippen LogP) is 3.47. The van der Waals surface area contributed by atoms with Crippen LogP contribution in [-0.2, 0) is 6.42 Å². The van der Waals surface area contributed by atoms with E-state index < -0.39 is 0 Å². The second-order valence-corrected chi connectivity index (χ2v) is 6.03. The van der Waals surface area contributed by atoms with E-state index in [1.807, 2.05) is 35.2 Å². The summed E-state index contributed by atoms with van der Waals surface area (Å²) in [7, 11) is 0. The number of carbonyl (C=O) groups is 1. The van der Waals surface area contributed by atoms with Crippen LogP contribution in [0.2, 0.25) is 0 Å².